The van der Waals surface area contributed by atoms with Gasteiger partial charge >= 0.3 is 6.09 Å². The molecule has 0 atom stereocenters. The minimum Gasteiger partial charge on any atom is -0.497 e. The van der Waals surface area contributed by atoms with Crippen molar-refractivity contribution in [2.45, 2.75) is 45.8 Å². The zero-order chi connectivity index (χ0) is 23.6. The number of rotatable bonds is 9. The molecule has 2 aromatic rings. The van der Waals surface area contributed by atoms with Crippen LogP contribution in [0, 0.1) is 0 Å². The molecule has 32 heavy (non-hydrogen) atoms. The Balaban J connectivity index is 1.75. The highest BCUT2D eigenvalue weighted by Crippen LogP contribution is 2.14. The van der Waals surface area contributed by atoms with E-state index in [0.717, 1.165) is 16.9 Å². The SMILES string of the molecule is COc1ccc(CC(=O)Nc2cccc(CNC(=O)CCNC(=O)OC(C)(C)C)c2)cc1. The first kappa shape index (κ1) is 24.7. The van der Waals surface area contributed by atoms with Crippen LogP contribution in [0.2, 0.25) is 0 Å². The maximum Gasteiger partial charge on any atom is 0.407 e. The van der Waals surface area contributed by atoms with E-state index in [1.165, 1.54) is 0 Å². The highest BCUT2D eigenvalue weighted by Gasteiger charge is 2.15. The van der Waals surface area contributed by atoms with Gasteiger partial charge in [0.1, 0.15) is 11.4 Å². The molecule has 0 saturated heterocycles. The highest BCUT2D eigenvalue weighted by atomic mass is 16.6. The van der Waals surface area contributed by atoms with Crippen molar-refractivity contribution in [3.8, 4) is 5.75 Å². The maximum absolute atomic E-state index is 12.3. The van der Waals surface area contributed by atoms with Crippen LogP contribution in [0.4, 0.5) is 10.5 Å². The minimum absolute atomic E-state index is 0.135. The number of amides is 3. The quantitative estimate of drug-likeness (QED) is 0.553. The normalized spacial score (nSPS) is 10.8. The molecular weight excluding hydrogens is 410 g/mol. The van der Waals surface area contributed by atoms with Crippen LogP contribution in [-0.2, 0) is 27.3 Å². The molecule has 3 amide bonds. The van der Waals surface area contributed by atoms with Gasteiger partial charge in [-0.2, -0.15) is 0 Å². The van der Waals surface area contributed by atoms with Gasteiger partial charge in [-0.15, -0.1) is 0 Å². The van der Waals surface area contributed by atoms with Crippen LogP contribution in [0.15, 0.2) is 48.5 Å². The van der Waals surface area contributed by atoms with E-state index >= 15 is 0 Å². The largest absolute Gasteiger partial charge is 0.497 e. The van der Waals surface area contributed by atoms with Crippen molar-refractivity contribution >= 4 is 23.6 Å². The molecule has 2 rings (SSSR count). The molecular formula is C24H31N3O5. The van der Waals surface area contributed by atoms with Crippen molar-refractivity contribution in [3.05, 3.63) is 59.7 Å². The third kappa shape index (κ3) is 9.51. The van der Waals surface area contributed by atoms with Gasteiger partial charge in [0.15, 0.2) is 0 Å². The molecule has 8 nitrogen and oxygen atoms in total. The number of methoxy groups -OCH3 is 1. The van der Waals surface area contributed by atoms with E-state index in [0.29, 0.717) is 12.2 Å². The third-order valence-electron chi connectivity index (χ3n) is 4.24. The average molecular weight is 442 g/mol. The number of anilines is 1. The van der Waals surface area contributed by atoms with Crippen molar-refractivity contribution in [1.29, 1.82) is 0 Å². The van der Waals surface area contributed by atoms with Gasteiger partial charge in [-0.25, -0.2) is 4.79 Å². The van der Waals surface area contributed by atoms with Gasteiger partial charge in [0.2, 0.25) is 11.8 Å². The first-order valence-electron chi connectivity index (χ1n) is 10.4. The van der Waals surface area contributed by atoms with Gasteiger partial charge < -0.3 is 25.4 Å². The minimum atomic E-state index is -0.582. The lowest BCUT2D eigenvalue weighted by Crippen LogP contribution is -2.35. The van der Waals surface area contributed by atoms with Gasteiger partial charge in [-0.1, -0.05) is 24.3 Å². The number of hydrogen-bond acceptors (Lipinski definition) is 5. The molecule has 0 unspecified atom stereocenters. The molecule has 0 aromatic heterocycles. The second-order valence-electron chi connectivity index (χ2n) is 8.23. The lowest BCUT2D eigenvalue weighted by Gasteiger charge is -2.19. The Hall–Kier alpha value is -3.55. The first-order chi connectivity index (χ1) is 15.1. The number of benzene rings is 2. The molecule has 3 N–H and O–H groups in total. The maximum atomic E-state index is 12.3. The Morgan fingerprint density at radius 2 is 1.62 bits per heavy atom. The van der Waals surface area contributed by atoms with Crippen LogP contribution >= 0.6 is 0 Å². The van der Waals surface area contributed by atoms with Crippen molar-refractivity contribution in [1.82, 2.24) is 10.6 Å². The standard InChI is InChI=1S/C24H31N3O5/c1-24(2,3)32-23(30)25-13-12-21(28)26-16-18-6-5-7-19(14-18)27-22(29)15-17-8-10-20(31-4)11-9-17/h5-11,14H,12-13,15-16H2,1-4H3,(H,25,30)(H,26,28)(H,27,29). The summed E-state index contributed by atoms with van der Waals surface area (Å²) in [5.41, 5.74) is 1.80. The topological polar surface area (TPSA) is 106 Å². The zero-order valence-electron chi connectivity index (χ0n) is 19.0. The average Bonchev–Trinajstić information content (AvgIpc) is 2.71. The Bertz CT molecular complexity index is 920. The van der Waals surface area contributed by atoms with Crippen LogP contribution in [0.1, 0.15) is 38.3 Å². The molecule has 0 fully saturated rings. The molecule has 0 aliphatic heterocycles. The number of alkyl carbamates (subject to hydrolysis) is 1. The van der Waals surface area contributed by atoms with E-state index in [9.17, 15) is 14.4 Å². The second-order valence-corrected chi connectivity index (χ2v) is 8.23. The predicted molar refractivity (Wildman–Crippen MR) is 122 cm³/mol. The fraction of sp³-hybridized carbons (Fsp3) is 0.375. The van der Waals surface area contributed by atoms with Gasteiger partial charge in [0.05, 0.1) is 13.5 Å². The number of ether oxygens (including phenoxy) is 2. The Labute approximate surface area is 188 Å². The lowest BCUT2D eigenvalue weighted by molar-refractivity contribution is -0.121. The number of hydrogen-bond donors (Lipinski definition) is 3. The van der Waals surface area contributed by atoms with Gasteiger partial charge in [0, 0.05) is 25.2 Å². The van der Waals surface area contributed by atoms with Crippen molar-refractivity contribution < 1.29 is 23.9 Å². The van der Waals surface area contributed by atoms with E-state index < -0.39 is 11.7 Å². The number of nitrogens with one attached hydrogen (secondary N) is 3. The van der Waals surface area contributed by atoms with Gasteiger partial charge in [0.25, 0.3) is 0 Å². The van der Waals surface area contributed by atoms with E-state index in [-0.39, 0.29) is 31.2 Å². The predicted octanol–water partition coefficient (Wildman–Crippen LogP) is 3.41. The Morgan fingerprint density at radius 3 is 2.28 bits per heavy atom. The summed E-state index contributed by atoms with van der Waals surface area (Å²) < 4.78 is 10.2. The van der Waals surface area contributed by atoms with E-state index in [4.69, 9.17) is 9.47 Å². The van der Waals surface area contributed by atoms with Crippen LogP contribution in [0.3, 0.4) is 0 Å². The lowest BCUT2D eigenvalue weighted by atomic mass is 10.1. The van der Waals surface area contributed by atoms with Gasteiger partial charge in [-0.05, 0) is 56.2 Å². The van der Waals surface area contributed by atoms with Crippen molar-refractivity contribution in [3.63, 3.8) is 0 Å². The van der Waals surface area contributed by atoms with Crippen LogP contribution in [-0.4, -0.2) is 37.2 Å². The fourth-order valence-corrected chi connectivity index (χ4v) is 2.77. The summed E-state index contributed by atoms with van der Waals surface area (Å²) in [5, 5.41) is 8.21. The molecule has 0 spiro atoms. The van der Waals surface area contributed by atoms with Crippen molar-refractivity contribution in [2.75, 3.05) is 19.0 Å². The molecule has 2 aromatic carbocycles. The molecule has 0 aliphatic rings. The van der Waals surface area contributed by atoms with E-state index in [1.807, 2.05) is 42.5 Å². The Morgan fingerprint density at radius 1 is 0.906 bits per heavy atom. The summed E-state index contributed by atoms with van der Waals surface area (Å²) in [6.07, 6.45) is -0.170. The van der Waals surface area contributed by atoms with Crippen molar-refractivity contribution in [2.24, 2.45) is 0 Å². The fourth-order valence-electron chi connectivity index (χ4n) is 2.77. The Kier molecular flexibility index (Phi) is 9.07. The molecule has 0 radical (unpaired) electrons. The zero-order valence-corrected chi connectivity index (χ0v) is 19.0. The smallest absolute Gasteiger partial charge is 0.407 e. The highest BCUT2D eigenvalue weighted by molar-refractivity contribution is 5.92. The molecule has 0 heterocycles. The summed E-state index contributed by atoms with van der Waals surface area (Å²) in [6.45, 7) is 5.81. The number of carbonyl (C=O) groups is 3. The summed E-state index contributed by atoms with van der Waals surface area (Å²) in [6, 6.07) is 14.6. The van der Waals surface area contributed by atoms with Crippen LogP contribution in [0.5, 0.6) is 5.75 Å². The van der Waals surface area contributed by atoms with E-state index in [2.05, 4.69) is 16.0 Å². The van der Waals surface area contributed by atoms with Crippen LogP contribution < -0.4 is 20.7 Å². The molecule has 172 valence electrons. The van der Waals surface area contributed by atoms with Crippen LogP contribution in [0.25, 0.3) is 0 Å². The molecule has 0 aliphatic carbocycles. The summed E-state index contributed by atoms with van der Waals surface area (Å²) in [4.78, 5) is 35.9. The first-order valence-corrected chi connectivity index (χ1v) is 10.4. The van der Waals surface area contributed by atoms with E-state index in [1.54, 1.807) is 33.9 Å². The third-order valence-corrected chi connectivity index (χ3v) is 4.24. The number of carbonyl (C=O) groups excluding carboxylic acids is 3. The molecule has 0 saturated carbocycles. The summed E-state index contributed by atoms with van der Waals surface area (Å²) in [5.74, 6) is 0.407. The summed E-state index contributed by atoms with van der Waals surface area (Å²) >= 11 is 0. The second kappa shape index (κ2) is 11.7. The molecule has 0 bridgehead atoms. The van der Waals surface area contributed by atoms with Gasteiger partial charge in [-0.3, -0.25) is 9.59 Å². The monoisotopic (exact) mass is 441 g/mol. The molecule has 8 heteroatoms. The summed E-state index contributed by atoms with van der Waals surface area (Å²) in [7, 11) is 1.60.